The molecule has 0 aliphatic carbocycles. The number of aromatic nitrogens is 4. The van der Waals surface area contributed by atoms with Gasteiger partial charge in [-0.2, -0.15) is 0 Å². The topological polar surface area (TPSA) is 34.6 Å². The van der Waals surface area contributed by atoms with E-state index >= 15 is 0 Å². The molecule has 4 aromatic heterocycles. The van der Waals surface area contributed by atoms with E-state index in [4.69, 9.17) is 4.98 Å². The zero-order valence-electron chi connectivity index (χ0n) is 23.3. The molecule has 0 N–H and O–H groups in total. The van der Waals surface area contributed by atoms with Crippen molar-refractivity contribution in [2.45, 2.75) is 93.0 Å². The fraction of sp³-hybridized carbons (Fsp3) is 0.615. The molecular formula is C26H42N4S6Sn. The first kappa shape index (κ1) is 32.1. The molecule has 4 rings (SSSR count). The molecule has 0 amide bonds. The fourth-order valence-corrected chi connectivity index (χ4v) is 28.3. The van der Waals surface area contributed by atoms with Gasteiger partial charge >= 0.3 is 172 Å². The zero-order valence-corrected chi connectivity index (χ0v) is 31.1. The second kappa shape index (κ2) is 16.1. The fourth-order valence-electron chi connectivity index (χ4n) is 4.69. The normalized spacial score (nSPS) is 12.0. The molecule has 0 bridgehead atoms. The molecule has 0 unspecified atom stereocenters. The first-order chi connectivity index (χ1) is 18.0. The van der Waals surface area contributed by atoms with Gasteiger partial charge in [0.25, 0.3) is 0 Å². The Morgan fingerprint density at radius 3 is 1.73 bits per heavy atom. The van der Waals surface area contributed by atoms with Crippen molar-refractivity contribution in [2.75, 3.05) is 25.0 Å². The van der Waals surface area contributed by atoms with Gasteiger partial charge in [-0.25, -0.2) is 4.98 Å². The van der Waals surface area contributed by atoms with Gasteiger partial charge < -0.3 is 0 Å². The summed E-state index contributed by atoms with van der Waals surface area (Å²) in [5.74, 6) is 0. The van der Waals surface area contributed by atoms with Crippen LogP contribution in [0.1, 0.15) is 59.3 Å². The molecule has 11 heteroatoms. The van der Waals surface area contributed by atoms with Crippen molar-refractivity contribution in [3.63, 3.8) is 0 Å². The van der Waals surface area contributed by atoms with Gasteiger partial charge in [-0.05, 0) is 12.5 Å². The predicted molar refractivity (Wildman–Crippen MR) is 178 cm³/mol. The Morgan fingerprint density at radius 2 is 1.24 bits per heavy atom. The van der Waals surface area contributed by atoms with Crippen LogP contribution < -0.4 is 2.89 Å². The van der Waals surface area contributed by atoms with Crippen molar-refractivity contribution in [1.82, 2.24) is 18.8 Å². The van der Waals surface area contributed by atoms with Crippen LogP contribution in [0.5, 0.6) is 0 Å². The van der Waals surface area contributed by atoms with Crippen LogP contribution in [0, 0.1) is 0 Å². The van der Waals surface area contributed by atoms with Crippen LogP contribution in [-0.2, 0) is 0 Å². The molecule has 0 radical (unpaired) electrons. The van der Waals surface area contributed by atoms with Crippen molar-refractivity contribution in [3.05, 3.63) is 17.8 Å². The first-order valence-electron chi connectivity index (χ1n) is 13.2. The molecule has 4 heterocycles. The Bertz CT molecular complexity index is 1140. The summed E-state index contributed by atoms with van der Waals surface area (Å²) in [6.45, 7) is 7.08. The van der Waals surface area contributed by atoms with Crippen molar-refractivity contribution in [1.29, 1.82) is 0 Å². The molecule has 4 aromatic rings. The summed E-state index contributed by atoms with van der Waals surface area (Å²) in [6.07, 6.45) is 21.3. The Morgan fingerprint density at radius 1 is 0.730 bits per heavy atom. The number of unbranched alkanes of at least 4 members (excludes halogenated alkanes) is 3. The van der Waals surface area contributed by atoms with Crippen molar-refractivity contribution >= 4 is 101 Å². The van der Waals surface area contributed by atoms with E-state index in [0.717, 1.165) is 10.2 Å². The standard InChI is InChI=1S/C7H8N2S3.C7H7N2S3.3C4H9.Sn/c2*1-10-5-6-9(3-4-12-6)7(8-5)11-2;3*1-3-4-2;/h3-4H,1-2H3;3H,1-2H3;3*1,3-4H2,2H3;. The molecule has 0 aliphatic rings. The summed E-state index contributed by atoms with van der Waals surface area (Å²) in [6, 6.07) is 0. The van der Waals surface area contributed by atoms with Crippen LogP contribution in [0.4, 0.5) is 0 Å². The maximum Gasteiger partial charge on any atom is 0.174 e. The van der Waals surface area contributed by atoms with Crippen LogP contribution >= 0.6 is 69.7 Å². The Hall–Kier alpha value is 0.539. The number of hydrogen-bond acceptors (Lipinski definition) is 8. The van der Waals surface area contributed by atoms with Crippen LogP contribution in [0.15, 0.2) is 38.1 Å². The van der Waals surface area contributed by atoms with Gasteiger partial charge in [0, 0.05) is 11.6 Å². The molecule has 0 atom stereocenters. The predicted octanol–water partition coefficient (Wildman–Crippen LogP) is 9.74. The van der Waals surface area contributed by atoms with Gasteiger partial charge in [-0.1, -0.05) is 11.8 Å². The minimum atomic E-state index is -2.31. The summed E-state index contributed by atoms with van der Waals surface area (Å²) in [7, 11) is 0. The van der Waals surface area contributed by atoms with Crippen molar-refractivity contribution < 1.29 is 0 Å². The van der Waals surface area contributed by atoms with Crippen molar-refractivity contribution in [3.8, 4) is 0 Å². The zero-order chi connectivity index (χ0) is 26.8. The molecule has 0 aliphatic heterocycles. The number of fused-ring (bicyclic) bond motifs is 2. The van der Waals surface area contributed by atoms with E-state index in [1.165, 1.54) is 58.4 Å². The minimum absolute atomic E-state index is 1.08. The van der Waals surface area contributed by atoms with Gasteiger partial charge in [0.05, 0.1) is 0 Å². The van der Waals surface area contributed by atoms with Crippen molar-refractivity contribution in [2.24, 2.45) is 0 Å². The number of hydrogen-bond donors (Lipinski definition) is 0. The van der Waals surface area contributed by atoms with Gasteiger partial charge in [0.1, 0.15) is 9.86 Å². The Kier molecular flexibility index (Phi) is 13.9. The maximum absolute atomic E-state index is 4.82. The maximum atomic E-state index is 4.82. The Labute approximate surface area is 252 Å². The van der Waals surface area contributed by atoms with Gasteiger partial charge in [-0.15, -0.1) is 23.1 Å². The Balaban J connectivity index is 0.000000262. The third-order valence-corrected chi connectivity index (χ3v) is 29.8. The van der Waals surface area contributed by atoms with Gasteiger partial charge in [-0.3, -0.25) is 4.40 Å². The molecule has 0 aromatic carbocycles. The number of imidazole rings is 2. The van der Waals surface area contributed by atoms with E-state index in [1.807, 2.05) is 2.89 Å². The molecule has 206 valence electrons. The number of thioether (sulfide) groups is 4. The quantitative estimate of drug-likeness (QED) is 0.0954. The number of thiazole rings is 2. The van der Waals surface area contributed by atoms with E-state index in [1.54, 1.807) is 71.7 Å². The second-order valence-electron chi connectivity index (χ2n) is 9.16. The molecule has 37 heavy (non-hydrogen) atoms. The number of nitrogens with zero attached hydrogens (tertiary/aromatic N) is 4. The number of rotatable bonds is 14. The third-order valence-electron chi connectivity index (χ3n) is 6.75. The summed E-state index contributed by atoms with van der Waals surface area (Å²) in [5, 5.41) is 6.70. The summed E-state index contributed by atoms with van der Waals surface area (Å²) >= 11 is 8.50. The molecule has 0 saturated heterocycles. The van der Waals surface area contributed by atoms with E-state index in [-0.39, 0.29) is 0 Å². The largest absolute Gasteiger partial charge is 0.284 e. The third kappa shape index (κ3) is 7.64. The summed E-state index contributed by atoms with van der Waals surface area (Å²) < 4.78 is 11.0. The monoisotopic (exact) mass is 722 g/mol. The van der Waals surface area contributed by atoms with Gasteiger partial charge in [0.15, 0.2) is 5.16 Å². The SMILES string of the molecule is CCC[CH2][Sn]([CH2]CCC)([CH2]CCC)[c]1cn2c(SC)nc(SC)c2s1.CSc1nc(SC)n2ccsc12. The molecule has 0 spiro atoms. The van der Waals surface area contributed by atoms with E-state index in [0.29, 0.717) is 0 Å². The minimum Gasteiger partial charge on any atom is -0.284 e. The average Bonchev–Trinajstić information content (AvgIpc) is 3.70. The van der Waals surface area contributed by atoms with E-state index < -0.39 is 18.4 Å². The van der Waals surface area contributed by atoms with Crippen LogP contribution in [0.2, 0.25) is 13.3 Å². The molecule has 0 saturated carbocycles. The molecule has 4 nitrogen and oxygen atoms in total. The second-order valence-corrected chi connectivity index (χ2v) is 28.4. The van der Waals surface area contributed by atoms with Crippen LogP contribution in [0.25, 0.3) is 9.66 Å². The van der Waals surface area contributed by atoms with E-state index in [2.05, 4.69) is 88.7 Å². The average molecular weight is 722 g/mol. The summed E-state index contributed by atoms with van der Waals surface area (Å²) in [4.78, 5) is 12.0. The van der Waals surface area contributed by atoms with Crippen LogP contribution in [0.3, 0.4) is 0 Å². The van der Waals surface area contributed by atoms with Crippen LogP contribution in [-0.4, -0.2) is 62.2 Å². The smallest absolute Gasteiger partial charge is 0.174 e. The molecule has 0 fully saturated rings. The van der Waals surface area contributed by atoms with Gasteiger partial charge in [0.2, 0.25) is 0 Å². The molecular weight excluding hydrogens is 679 g/mol. The summed E-state index contributed by atoms with van der Waals surface area (Å²) in [5.41, 5.74) is 0. The first-order valence-corrected chi connectivity index (χ1v) is 27.2. The van der Waals surface area contributed by atoms with E-state index in [9.17, 15) is 0 Å².